The van der Waals surface area contributed by atoms with Crippen molar-refractivity contribution in [2.45, 2.75) is 50.5 Å². The van der Waals surface area contributed by atoms with Crippen LogP contribution in [0.4, 0.5) is 5.69 Å². The Morgan fingerprint density at radius 3 is 2.81 bits per heavy atom. The van der Waals surface area contributed by atoms with Crippen LogP contribution in [0.2, 0.25) is 0 Å². The van der Waals surface area contributed by atoms with Crippen LogP contribution in [0.3, 0.4) is 0 Å². The first-order chi connectivity index (χ1) is 10.4. The molecule has 0 spiro atoms. The summed E-state index contributed by atoms with van der Waals surface area (Å²) in [5, 5.41) is 0. The minimum absolute atomic E-state index is 0.627. The van der Waals surface area contributed by atoms with E-state index in [-0.39, 0.29) is 0 Å². The van der Waals surface area contributed by atoms with Crippen LogP contribution in [-0.4, -0.2) is 29.7 Å². The van der Waals surface area contributed by atoms with Gasteiger partial charge in [0.1, 0.15) is 0 Å². The summed E-state index contributed by atoms with van der Waals surface area (Å²) >= 11 is 0. The molecule has 1 aromatic rings. The van der Waals surface area contributed by atoms with Crippen molar-refractivity contribution in [2.24, 2.45) is 16.8 Å². The SMILES string of the molecule is c1ccc2c(c1)N=C1C2CCN2CC3CCCCC3CC12. The molecule has 0 radical (unpaired) electrons. The van der Waals surface area contributed by atoms with Gasteiger partial charge in [0.05, 0.1) is 5.69 Å². The summed E-state index contributed by atoms with van der Waals surface area (Å²) in [7, 11) is 0. The average Bonchev–Trinajstić information content (AvgIpc) is 2.92. The largest absolute Gasteiger partial charge is 0.295 e. The lowest BCUT2D eigenvalue weighted by Gasteiger charge is -2.49. The zero-order chi connectivity index (χ0) is 13.8. The van der Waals surface area contributed by atoms with Crippen molar-refractivity contribution < 1.29 is 0 Å². The van der Waals surface area contributed by atoms with E-state index in [2.05, 4.69) is 29.2 Å². The van der Waals surface area contributed by atoms with E-state index in [0.29, 0.717) is 12.0 Å². The van der Waals surface area contributed by atoms with E-state index in [0.717, 1.165) is 11.8 Å². The summed E-state index contributed by atoms with van der Waals surface area (Å²) < 4.78 is 0. The number of hydrogen-bond donors (Lipinski definition) is 0. The third-order valence-corrected chi connectivity index (χ3v) is 6.47. The first-order valence-corrected chi connectivity index (χ1v) is 8.81. The Kier molecular flexibility index (Phi) is 2.76. The van der Waals surface area contributed by atoms with Gasteiger partial charge in [0.15, 0.2) is 0 Å². The van der Waals surface area contributed by atoms with Crippen LogP contribution in [0.1, 0.15) is 50.0 Å². The van der Waals surface area contributed by atoms with Crippen LogP contribution in [0.25, 0.3) is 0 Å². The zero-order valence-corrected chi connectivity index (χ0v) is 12.7. The third kappa shape index (κ3) is 1.85. The van der Waals surface area contributed by atoms with Gasteiger partial charge in [0, 0.05) is 24.2 Å². The predicted molar refractivity (Wildman–Crippen MR) is 86.3 cm³/mol. The van der Waals surface area contributed by atoms with E-state index in [1.165, 1.54) is 68.6 Å². The summed E-state index contributed by atoms with van der Waals surface area (Å²) in [6, 6.07) is 9.48. The van der Waals surface area contributed by atoms with Crippen LogP contribution in [-0.2, 0) is 0 Å². The Bertz CT molecular complexity index is 591. The lowest BCUT2D eigenvalue weighted by atomic mass is 9.69. The summed E-state index contributed by atoms with van der Waals surface area (Å²) in [4.78, 5) is 7.84. The average molecular weight is 280 g/mol. The third-order valence-electron chi connectivity index (χ3n) is 6.47. The van der Waals surface area contributed by atoms with Gasteiger partial charge in [-0.25, -0.2) is 0 Å². The van der Waals surface area contributed by atoms with Gasteiger partial charge >= 0.3 is 0 Å². The number of nitrogens with zero attached hydrogens (tertiary/aromatic N) is 2. The molecule has 21 heavy (non-hydrogen) atoms. The summed E-state index contributed by atoms with van der Waals surface area (Å²) in [5.41, 5.74) is 4.26. The maximum absolute atomic E-state index is 5.07. The number of hydrogen-bond acceptors (Lipinski definition) is 2. The fraction of sp³-hybridized carbons (Fsp3) is 0.632. The van der Waals surface area contributed by atoms with Crippen molar-refractivity contribution in [1.82, 2.24) is 4.90 Å². The molecular formula is C19H24N2. The molecule has 5 rings (SSSR count). The monoisotopic (exact) mass is 280 g/mol. The second-order valence-electron chi connectivity index (χ2n) is 7.49. The molecule has 1 aliphatic carbocycles. The second-order valence-corrected chi connectivity index (χ2v) is 7.49. The molecule has 0 aromatic heterocycles. The standard InChI is InChI=1S/C19H24N2/c1-2-6-14-12-21-10-9-16-15-7-3-4-8-17(15)20-19(16)18(21)11-13(14)5-1/h3-4,7-8,13-14,16,18H,1-2,5-6,9-12H2. The summed E-state index contributed by atoms with van der Waals surface area (Å²) in [5.74, 6) is 2.59. The molecule has 1 saturated carbocycles. The normalized spacial score (nSPS) is 38.0. The van der Waals surface area contributed by atoms with Crippen LogP contribution < -0.4 is 0 Å². The van der Waals surface area contributed by atoms with Crippen molar-refractivity contribution >= 4 is 11.4 Å². The fourth-order valence-electron chi connectivity index (χ4n) is 5.42. The molecule has 2 saturated heterocycles. The highest BCUT2D eigenvalue weighted by Crippen LogP contribution is 2.47. The van der Waals surface area contributed by atoms with Gasteiger partial charge in [-0.05, 0) is 49.3 Å². The van der Waals surface area contributed by atoms with E-state index >= 15 is 0 Å². The highest BCUT2D eigenvalue weighted by molar-refractivity contribution is 6.02. The van der Waals surface area contributed by atoms with E-state index in [1.807, 2.05) is 0 Å². The van der Waals surface area contributed by atoms with Gasteiger partial charge in [-0.1, -0.05) is 37.5 Å². The lowest BCUT2D eigenvalue weighted by molar-refractivity contribution is 0.0556. The Morgan fingerprint density at radius 1 is 1.00 bits per heavy atom. The molecule has 2 heteroatoms. The van der Waals surface area contributed by atoms with Crippen molar-refractivity contribution in [3.05, 3.63) is 29.8 Å². The maximum Gasteiger partial charge on any atom is 0.0668 e. The number of piperidine rings is 2. The van der Waals surface area contributed by atoms with E-state index < -0.39 is 0 Å². The molecule has 3 fully saturated rings. The highest BCUT2D eigenvalue weighted by atomic mass is 15.2. The molecule has 4 aliphatic rings. The summed E-state index contributed by atoms with van der Waals surface area (Å²) in [6.45, 7) is 2.63. The lowest BCUT2D eigenvalue weighted by Crippen LogP contribution is -2.55. The minimum atomic E-state index is 0.627. The van der Waals surface area contributed by atoms with Gasteiger partial charge in [-0.3, -0.25) is 9.89 Å². The van der Waals surface area contributed by atoms with Gasteiger partial charge in [-0.15, -0.1) is 0 Å². The predicted octanol–water partition coefficient (Wildman–Crippen LogP) is 4.14. The Balaban J connectivity index is 1.47. The van der Waals surface area contributed by atoms with Crippen LogP contribution >= 0.6 is 0 Å². The topological polar surface area (TPSA) is 15.6 Å². The van der Waals surface area contributed by atoms with Gasteiger partial charge in [0.2, 0.25) is 0 Å². The Morgan fingerprint density at radius 2 is 1.86 bits per heavy atom. The number of rotatable bonds is 0. The van der Waals surface area contributed by atoms with Crippen molar-refractivity contribution in [2.75, 3.05) is 13.1 Å². The van der Waals surface area contributed by atoms with Crippen LogP contribution in [0.15, 0.2) is 29.3 Å². The van der Waals surface area contributed by atoms with E-state index in [1.54, 1.807) is 0 Å². The first-order valence-electron chi connectivity index (χ1n) is 8.81. The Hall–Kier alpha value is -1.15. The Labute approximate surface area is 127 Å². The van der Waals surface area contributed by atoms with Gasteiger partial charge in [-0.2, -0.15) is 0 Å². The van der Waals surface area contributed by atoms with Crippen molar-refractivity contribution in [3.8, 4) is 0 Å². The van der Waals surface area contributed by atoms with Gasteiger partial charge in [0.25, 0.3) is 0 Å². The first kappa shape index (κ1) is 12.4. The highest BCUT2D eigenvalue weighted by Gasteiger charge is 2.45. The molecule has 3 aliphatic heterocycles. The molecule has 1 aromatic carbocycles. The smallest absolute Gasteiger partial charge is 0.0668 e. The molecule has 2 nitrogen and oxygen atoms in total. The maximum atomic E-state index is 5.07. The molecule has 4 unspecified atom stereocenters. The zero-order valence-electron chi connectivity index (χ0n) is 12.7. The molecule has 0 amide bonds. The van der Waals surface area contributed by atoms with Gasteiger partial charge < -0.3 is 0 Å². The van der Waals surface area contributed by atoms with Crippen molar-refractivity contribution in [3.63, 3.8) is 0 Å². The number of benzene rings is 1. The van der Waals surface area contributed by atoms with Crippen LogP contribution in [0.5, 0.6) is 0 Å². The molecule has 0 bridgehead atoms. The second kappa shape index (κ2) is 4.67. The van der Waals surface area contributed by atoms with Crippen LogP contribution in [0, 0.1) is 11.8 Å². The molecule has 110 valence electrons. The van der Waals surface area contributed by atoms with E-state index in [9.17, 15) is 0 Å². The van der Waals surface area contributed by atoms with E-state index in [4.69, 9.17) is 4.99 Å². The molecule has 0 N–H and O–H groups in total. The number of fused-ring (bicyclic) bond motifs is 6. The number of para-hydroxylation sites is 1. The quantitative estimate of drug-likeness (QED) is 0.697. The fourth-order valence-corrected chi connectivity index (χ4v) is 5.42. The molecule has 4 atom stereocenters. The number of aliphatic imine (C=N–C) groups is 1. The molecular weight excluding hydrogens is 256 g/mol. The van der Waals surface area contributed by atoms with Crippen molar-refractivity contribution in [1.29, 1.82) is 0 Å². The summed E-state index contributed by atoms with van der Waals surface area (Å²) in [6.07, 6.45) is 8.54. The minimum Gasteiger partial charge on any atom is -0.295 e. The molecule has 3 heterocycles.